The summed E-state index contributed by atoms with van der Waals surface area (Å²) in [6.45, 7) is 6.77. The molecular formula is C27H32N6O2. The van der Waals surface area contributed by atoms with Crippen LogP contribution in [-0.4, -0.2) is 54.8 Å². The molecule has 2 aliphatic rings. The van der Waals surface area contributed by atoms with Crippen LogP contribution in [0.5, 0.6) is 5.75 Å². The Bertz CT molecular complexity index is 1260. The van der Waals surface area contributed by atoms with Crippen LogP contribution in [0.25, 0.3) is 10.9 Å². The summed E-state index contributed by atoms with van der Waals surface area (Å²) in [5.41, 5.74) is 9.50. The van der Waals surface area contributed by atoms with Gasteiger partial charge in [-0.15, -0.1) is 0 Å². The summed E-state index contributed by atoms with van der Waals surface area (Å²) in [5.74, 6) is 1.76. The van der Waals surface area contributed by atoms with Crippen LogP contribution in [0, 0.1) is 11.3 Å². The van der Waals surface area contributed by atoms with Crippen molar-refractivity contribution >= 4 is 28.4 Å². The van der Waals surface area contributed by atoms with Gasteiger partial charge in [0.15, 0.2) is 0 Å². The lowest BCUT2D eigenvalue weighted by atomic mass is 10.1. The zero-order valence-corrected chi connectivity index (χ0v) is 20.0. The highest BCUT2D eigenvalue weighted by atomic mass is 16.5. The highest BCUT2D eigenvalue weighted by Crippen LogP contribution is 2.36. The topological polar surface area (TPSA) is 99.5 Å². The number of ether oxygens (including phenoxy) is 1. The molecule has 1 aromatic heterocycles. The van der Waals surface area contributed by atoms with Gasteiger partial charge in [-0.25, -0.2) is 4.79 Å². The van der Waals surface area contributed by atoms with Gasteiger partial charge in [0.05, 0.1) is 29.4 Å². The van der Waals surface area contributed by atoms with Gasteiger partial charge < -0.3 is 24.8 Å². The second-order valence-corrected chi connectivity index (χ2v) is 9.31. The van der Waals surface area contributed by atoms with Crippen molar-refractivity contribution in [3.8, 4) is 11.8 Å². The number of anilines is 2. The number of hydrogen-bond acceptors (Lipinski definition) is 5. The van der Waals surface area contributed by atoms with Gasteiger partial charge in [-0.1, -0.05) is 18.2 Å². The Hall–Kier alpha value is -3.70. The normalized spacial score (nSPS) is 15.9. The molecule has 0 aliphatic carbocycles. The predicted molar refractivity (Wildman–Crippen MR) is 138 cm³/mol. The Kier molecular flexibility index (Phi) is 6.77. The van der Waals surface area contributed by atoms with Crippen molar-refractivity contribution < 1.29 is 9.53 Å². The fourth-order valence-corrected chi connectivity index (χ4v) is 5.28. The van der Waals surface area contributed by atoms with Gasteiger partial charge in [-0.3, -0.25) is 5.32 Å². The fraction of sp³-hybridized carbons (Fsp3) is 0.407. The number of nitriles is 1. The molecular weight excluding hydrogens is 440 g/mol. The Balaban J connectivity index is 1.18. The molecule has 8 nitrogen and oxygen atoms in total. The summed E-state index contributed by atoms with van der Waals surface area (Å²) in [6.07, 6.45) is 4.16. The van der Waals surface area contributed by atoms with Crippen LogP contribution >= 0.6 is 0 Å². The summed E-state index contributed by atoms with van der Waals surface area (Å²) in [6, 6.07) is 15.6. The van der Waals surface area contributed by atoms with Crippen LogP contribution in [0.4, 0.5) is 16.3 Å². The number of para-hydroxylation sites is 1. The number of carbonyl (C=O) groups excluding carboxylic acids is 1. The summed E-state index contributed by atoms with van der Waals surface area (Å²) >= 11 is 0. The number of nitrogens with one attached hydrogen (secondary N) is 1. The lowest BCUT2D eigenvalue weighted by molar-refractivity contribution is 0.259. The highest BCUT2D eigenvalue weighted by molar-refractivity contribution is 5.93. The van der Waals surface area contributed by atoms with E-state index in [9.17, 15) is 10.1 Å². The van der Waals surface area contributed by atoms with Gasteiger partial charge in [0.25, 0.3) is 0 Å². The molecule has 0 spiro atoms. The first-order valence-corrected chi connectivity index (χ1v) is 12.4. The van der Waals surface area contributed by atoms with E-state index in [0.717, 1.165) is 88.2 Å². The molecule has 35 heavy (non-hydrogen) atoms. The molecule has 2 aliphatic heterocycles. The van der Waals surface area contributed by atoms with Gasteiger partial charge >= 0.3 is 6.03 Å². The molecule has 3 aromatic rings. The molecule has 2 aromatic carbocycles. The lowest BCUT2D eigenvalue weighted by Gasteiger charge is -2.25. The molecule has 0 unspecified atom stereocenters. The van der Waals surface area contributed by atoms with Gasteiger partial charge in [-0.2, -0.15) is 5.26 Å². The second-order valence-electron chi connectivity index (χ2n) is 9.31. The average Bonchev–Trinajstić information content (AvgIpc) is 3.39. The smallest absolute Gasteiger partial charge is 0.317 e. The number of nitrogens with two attached hydrogens (primary N) is 1. The van der Waals surface area contributed by atoms with Crippen molar-refractivity contribution in [3.05, 3.63) is 53.6 Å². The van der Waals surface area contributed by atoms with Crippen LogP contribution < -0.4 is 20.7 Å². The van der Waals surface area contributed by atoms with Gasteiger partial charge in [0.2, 0.25) is 0 Å². The number of primary amides is 1. The van der Waals surface area contributed by atoms with E-state index in [1.807, 2.05) is 18.2 Å². The van der Waals surface area contributed by atoms with Gasteiger partial charge in [0, 0.05) is 38.0 Å². The van der Waals surface area contributed by atoms with Crippen LogP contribution in [-0.2, 0) is 13.0 Å². The summed E-state index contributed by atoms with van der Waals surface area (Å²) < 4.78 is 7.99. The van der Waals surface area contributed by atoms with E-state index in [4.69, 9.17) is 10.5 Å². The van der Waals surface area contributed by atoms with Crippen molar-refractivity contribution in [2.75, 3.05) is 49.5 Å². The molecule has 3 N–H and O–H groups in total. The first-order valence-electron chi connectivity index (χ1n) is 12.4. The molecule has 182 valence electrons. The van der Waals surface area contributed by atoms with E-state index in [1.165, 1.54) is 11.3 Å². The number of nitrogens with zero attached hydrogens (tertiary/aromatic N) is 4. The Labute approximate surface area is 205 Å². The van der Waals surface area contributed by atoms with Crippen molar-refractivity contribution in [2.45, 2.75) is 32.2 Å². The predicted octanol–water partition coefficient (Wildman–Crippen LogP) is 3.93. The van der Waals surface area contributed by atoms with Crippen LogP contribution in [0.1, 0.15) is 30.4 Å². The van der Waals surface area contributed by atoms with Gasteiger partial charge in [0.1, 0.15) is 11.6 Å². The number of aryl methyl sites for hydroxylation is 1. The monoisotopic (exact) mass is 472 g/mol. The van der Waals surface area contributed by atoms with Crippen LogP contribution in [0.15, 0.2) is 42.5 Å². The quantitative estimate of drug-likeness (QED) is 0.508. The standard InChI is InChI=1S/C27H32N6O2/c28-19-20-7-8-22-18-25(30-27(29)34)33(24(22)17-20)13-2-1-10-31-11-4-12-32(15-14-31)23-6-3-5-21-9-16-35-26(21)23/h3,5-8,17-18H,1-2,4,9-16H2,(H3,29,30,34). The first-order chi connectivity index (χ1) is 17.1. The van der Waals surface area contributed by atoms with E-state index >= 15 is 0 Å². The third-order valence-corrected chi connectivity index (χ3v) is 7.01. The third kappa shape index (κ3) is 5.05. The fourth-order valence-electron chi connectivity index (χ4n) is 5.28. The summed E-state index contributed by atoms with van der Waals surface area (Å²) in [4.78, 5) is 16.5. The number of fused-ring (bicyclic) bond motifs is 2. The van der Waals surface area contributed by atoms with E-state index in [-0.39, 0.29) is 0 Å². The van der Waals surface area contributed by atoms with Crippen molar-refractivity contribution in [2.24, 2.45) is 5.73 Å². The molecule has 1 fully saturated rings. The first kappa shape index (κ1) is 23.1. The van der Waals surface area contributed by atoms with E-state index in [1.54, 1.807) is 6.07 Å². The molecule has 0 atom stereocenters. The zero-order chi connectivity index (χ0) is 24.2. The zero-order valence-electron chi connectivity index (χ0n) is 20.0. The van der Waals surface area contributed by atoms with Crippen molar-refractivity contribution in [3.63, 3.8) is 0 Å². The van der Waals surface area contributed by atoms with E-state index in [0.29, 0.717) is 11.4 Å². The van der Waals surface area contributed by atoms with Crippen molar-refractivity contribution in [1.29, 1.82) is 5.26 Å². The SMILES string of the molecule is N#Cc1ccc2cc(NC(N)=O)n(CCCCN3CCCN(c4cccc5c4OCC5)CC3)c2c1. The minimum Gasteiger partial charge on any atom is -0.491 e. The lowest BCUT2D eigenvalue weighted by Crippen LogP contribution is -2.31. The minimum absolute atomic E-state index is 0.585. The maximum atomic E-state index is 11.5. The van der Waals surface area contributed by atoms with Crippen LogP contribution in [0.2, 0.25) is 0 Å². The maximum Gasteiger partial charge on any atom is 0.317 e. The Morgan fingerprint density at radius 1 is 1.09 bits per heavy atom. The Morgan fingerprint density at radius 2 is 1.97 bits per heavy atom. The van der Waals surface area contributed by atoms with Crippen molar-refractivity contribution in [1.82, 2.24) is 9.47 Å². The summed E-state index contributed by atoms with van der Waals surface area (Å²) in [5, 5.41) is 13.0. The molecule has 0 bridgehead atoms. The average molecular weight is 473 g/mol. The molecule has 2 amide bonds. The number of carbonyl (C=O) groups is 1. The number of unbranched alkanes of at least 4 members (excludes halogenated alkanes) is 1. The minimum atomic E-state index is -0.585. The number of benzene rings is 2. The number of aromatic nitrogens is 1. The number of amides is 2. The summed E-state index contributed by atoms with van der Waals surface area (Å²) in [7, 11) is 0. The molecule has 1 saturated heterocycles. The molecule has 5 rings (SSSR count). The Morgan fingerprint density at radius 3 is 2.83 bits per heavy atom. The number of rotatable bonds is 7. The molecule has 0 radical (unpaired) electrons. The van der Waals surface area contributed by atoms with Crippen LogP contribution in [0.3, 0.4) is 0 Å². The van der Waals surface area contributed by atoms with E-state index in [2.05, 4.69) is 44.0 Å². The molecule has 3 heterocycles. The third-order valence-electron chi connectivity index (χ3n) is 7.01. The van der Waals surface area contributed by atoms with Gasteiger partial charge in [-0.05, 0) is 62.2 Å². The largest absolute Gasteiger partial charge is 0.491 e. The number of urea groups is 1. The second kappa shape index (κ2) is 10.3. The molecule has 8 heteroatoms. The highest BCUT2D eigenvalue weighted by Gasteiger charge is 2.22. The maximum absolute atomic E-state index is 11.5. The molecule has 0 saturated carbocycles. The van der Waals surface area contributed by atoms with E-state index < -0.39 is 6.03 Å². The number of hydrogen-bond donors (Lipinski definition) is 2.